The highest BCUT2D eigenvalue weighted by atomic mass is 15.0. The average molecular weight is 268 g/mol. The van der Waals surface area contributed by atoms with E-state index in [9.17, 15) is 0 Å². The predicted molar refractivity (Wildman–Crippen MR) is 83.9 cm³/mol. The van der Waals surface area contributed by atoms with Gasteiger partial charge in [-0.2, -0.15) is 0 Å². The van der Waals surface area contributed by atoms with Crippen molar-refractivity contribution in [1.29, 1.82) is 0 Å². The summed E-state index contributed by atoms with van der Waals surface area (Å²) < 4.78 is 2.49. The minimum absolute atomic E-state index is 0.247. The SMILES string of the molecule is Cc1ccccc1CCn1c(C)cc2c1CCCC2N. The van der Waals surface area contributed by atoms with Crippen LogP contribution in [0.3, 0.4) is 0 Å². The van der Waals surface area contributed by atoms with Crippen molar-refractivity contribution in [3.05, 3.63) is 58.4 Å². The number of hydrogen-bond acceptors (Lipinski definition) is 1. The zero-order chi connectivity index (χ0) is 14.1. The van der Waals surface area contributed by atoms with Crippen LogP contribution in [0, 0.1) is 13.8 Å². The molecule has 2 aromatic rings. The lowest BCUT2D eigenvalue weighted by molar-refractivity contribution is 0.536. The first-order valence-corrected chi connectivity index (χ1v) is 7.66. The van der Waals surface area contributed by atoms with Gasteiger partial charge >= 0.3 is 0 Å². The minimum Gasteiger partial charge on any atom is -0.348 e. The van der Waals surface area contributed by atoms with E-state index in [2.05, 4.69) is 48.7 Å². The standard InChI is InChI=1S/C18H24N2/c1-13-6-3-4-7-15(13)10-11-20-14(2)12-16-17(19)8-5-9-18(16)20/h3-4,6-7,12,17H,5,8-11,19H2,1-2H3. The Morgan fingerprint density at radius 2 is 2.05 bits per heavy atom. The molecule has 20 heavy (non-hydrogen) atoms. The zero-order valence-electron chi connectivity index (χ0n) is 12.5. The van der Waals surface area contributed by atoms with Crippen LogP contribution in [0.4, 0.5) is 0 Å². The topological polar surface area (TPSA) is 30.9 Å². The number of benzene rings is 1. The molecule has 0 saturated heterocycles. The Labute approximate surface area is 121 Å². The molecule has 1 aliphatic carbocycles. The molecule has 0 bridgehead atoms. The summed E-state index contributed by atoms with van der Waals surface area (Å²) in [6, 6.07) is 11.2. The average Bonchev–Trinajstić information content (AvgIpc) is 2.76. The van der Waals surface area contributed by atoms with Crippen LogP contribution in [0.5, 0.6) is 0 Å². The van der Waals surface area contributed by atoms with E-state index < -0.39 is 0 Å². The lowest BCUT2D eigenvalue weighted by Gasteiger charge is -2.21. The highest BCUT2D eigenvalue weighted by Crippen LogP contribution is 2.30. The molecule has 0 saturated carbocycles. The molecule has 0 aliphatic heterocycles. The largest absolute Gasteiger partial charge is 0.348 e. The molecule has 1 aliphatic rings. The van der Waals surface area contributed by atoms with Crippen LogP contribution in [0.15, 0.2) is 30.3 Å². The first kappa shape index (κ1) is 13.4. The normalized spacial score (nSPS) is 18.1. The van der Waals surface area contributed by atoms with Crippen molar-refractivity contribution < 1.29 is 0 Å². The van der Waals surface area contributed by atoms with Crippen LogP contribution in [0.2, 0.25) is 0 Å². The number of hydrogen-bond donors (Lipinski definition) is 1. The first-order valence-electron chi connectivity index (χ1n) is 7.66. The summed E-state index contributed by atoms with van der Waals surface area (Å²) in [6.07, 6.45) is 4.64. The maximum Gasteiger partial charge on any atom is 0.0313 e. The summed E-state index contributed by atoms with van der Waals surface area (Å²) in [6.45, 7) is 5.48. The van der Waals surface area contributed by atoms with Gasteiger partial charge in [0.2, 0.25) is 0 Å². The first-order chi connectivity index (χ1) is 9.66. The van der Waals surface area contributed by atoms with Gasteiger partial charge in [-0.15, -0.1) is 0 Å². The van der Waals surface area contributed by atoms with Gasteiger partial charge in [-0.25, -0.2) is 0 Å². The molecule has 1 aromatic heterocycles. The van der Waals surface area contributed by atoms with Crippen molar-refractivity contribution in [2.45, 2.75) is 52.1 Å². The fourth-order valence-corrected chi connectivity index (χ4v) is 3.43. The van der Waals surface area contributed by atoms with Crippen LogP contribution in [-0.4, -0.2) is 4.57 Å². The second-order valence-corrected chi connectivity index (χ2v) is 6.01. The third kappa shape index (κ3) is 2.40. The Kier molecular flexibility index (Phi) is 3.66. The monoisotopic (exact) mass is 268 g/mol. The molecule has 1 heterocycles. The van der Waals surface area contributed by atoms with Crippen LogP contribution in [-0.2, 0) is 19.4 Å². The Hall–Kier alpha value is -1.54. The van der Waals surface area contributed by atoms with Crippen molar-refractivity contribution in [3.8, 4) is 0 Å². The molecule has 2 nitrogen and oxygen atoms in total. The number of aryl methyl sites for hydroxylation is 3. The molecular weight excluding hydrogens is 244 g/mol. The van der Waals surface area contributed by atoms with Crippen molar-refractivity contribution in [3.63, 3.8) is 0 Å². The maximum absolute atomic E-state index is 6.25. The number of rotatable bonds is 3. The fourth-order valence-electron chi connectivity index (χ4n) is 3.43. The summed E-state index contributed by atoms with van der Waals surface area (Å²) in [4.78, 5) is 0. The van der Waals surface area contributed by atoms with Gasteiger partial charge in [0.05, 0.1) is 0 Å². The molecule has 0 spiro atoms. The van der Waals surface area contributed by atoms with E-state index >= 15 is 0 Å². The molecule has 1 unspecified atom stereocenters. The van der Waals surface area contributed by atoms with E-state index in [-0.39, 0.29) is 6.04 Å². The van der Waals surface area contributed by atoms with Crippen LogP contribution >= 0.6 is 0 Å². The second-order valence-electron chi connectivity index (χ2n) is 6.01. The molecule has 3 rings (SSSR count). The minimum atomic E-state index is 0.247. The van der Waals surface area contributed by atoms with Gasteiger partial charge in [-0.05, 0) is 62.3 Å². The number of fused-ring (bicyclic) bond motifs is 1. The lowest BCUT2D eigenvalue weighted by Crippen LogP contribution is -2.18. The lowest BCUT2D eigenvalue weighted by atomic mass is 9.93. The molecule has 0 fully saturated rings. The van der Waals surface area contributed by atoms with E-state index in [4.69, 9.17) is 5.73 Å². The van der Waals surface area contributed by atoms with Gasteiger partial charge in [0.15, 0.2) is 0 Å². The molecule has 2 N–H and O–H groups in total. The van der Waals surface area contributed by atoms with E-state index in [1.807, 2.05) is 0 Å². The zero-order valence-corrected chi connectivity index (χ0v) is 12.5. The summed E-state index contributed by atoms with van der Waals surface area (Å²) in [7, 11) is 0. The van der Waals surface area contributed by atoms with Gasteiger partial charge in [-0.1, -0.05) is 24.3 Å². The van der Waals surface area contributed by atoms with E-state index in [0.717, 1.165) is 19.4 Å². The van der Waals surface area contributed by atoms with Crippen LogP contribution in [0.1, 0.15) is 47.0 Å². The maximum atomic E-state index is 6.25. The molecule has 2 heteroatoms. The smallest absolute Gasteiger partial charge is 0.0313 e. The van der Waals surface area contributed by atoms with Crippen LogP contribution < -0.4 is 5.73 Å². The van der Waals surface area contributed by atoms with Crippen molar-refractivity contribution >= 4 is 0 Å². The van der Waals surface area contributed by atoms with E-state index in [1.165, 1.54) is 40.9 Å². The third-order valence-corrected chi connectivity index (χ3v) is 4.64. The van der Waals surface area contributed by atoms with Crippen molar-refractivity contribution in [2.75, 3.05) is 0 Å². The van der Waals surface area contributed by atoms with Crippen molar-refractivity contribution in [1.82, 2.24) is 4.57 Å². The van der Waals surface area contributed by atoms with E-state index in [0.29, 0.717) is 0 Å². The Bertz CT molecular complexity index is 610. The highest BCUT2D eigenvalue weighted by molar-refractivity contribution is 5.33. The molecule has 1 atom stereocenters. The summed E-state index contributed by atoms with van der Waals surface area (Å²) in [5.74, 6) is 0. The van der Waals surface area contributed by atoms with Gasteiger partial charge in [0, 0.05) is 24.0 Å². The highest BCUT2D eigenvalue weighted by Gasteiger charge is 2.21. The molecule has 0 amide bonds. The number of nitrogens with two attached hydrogens (primary N) is 1. The summed E-state index contributed by atoms with van der Waals surface area (Å²) in [5.41, 5.74) is 13.3. The summed E-state index contributed by atoms with van der Waals surface area (Å²) in [5, 5.41) is 0. The Balaban J connectivity index is 1.83. The molecule has 0 radical (unpaired) electrons. The summed E-state index contributed by atoms with van der Waals surface area (Å²) >= 11 is 0. The van der Waals surface area contributed by atoms with E-state index in [1.54, 1.807) is 0 Å². The molecule has 1 aromatic carbocycles. The molecular formula is C18H24N2. The third-order valence-electron chi connectivity index (χ3n) is 4.64. The Morgan fingerprint density at radius 1 is 1.25 bits per heavy atom. The van der Waals surface area contributed by atoms with Gasteiger partial charge in [0.1, 0.15) is 0 Å². The fraction of sp³-hybridized carbons (Fsp3) is 0.444. The van der Waals surface area contributed by atoms with Gasteiger partial charge < -0.3 is 10.3 Å². The van der Waals surface area contributed by atoms with Crippen molar-refractivity contribution in [2.24, 2.45) is 5.73 Å². The quantitative estimate of drug-likeness (QED) is 0.904. The predicted octanol–water partition coefficient (Wildman–Crippen LogP) is 3.68. The second kappa shape index (κ2) is 5.45. The number of aromatic nitrogens is 1. The molecule has 106 valence electrons. The van der Waals surface area contributed by atoms with Gasteiger partial charge in [0.25, 0.3) is 0 Å². The number of nitrogens with zero attached hydrogens (tertiary/aromatic N) is 1. The van der Waals surface area contributed by atoms with Crippen LogP contribution in [0.25, 0.3) is 0 Å². The van der Waals surface area contributed by atoms with Gasteiger partial charge in [-0.3, -0.25) is 0 Å². The Morgan fingerprint density at radius 3 is 2.85 bits per heavy atom.